The summed E-state index contributed by atoms with van der Waals surface area (Å²) in [5.41, 5.74) is 1.06. The van der Waals surface area contributed by atoms with Gasteiger partial charge in [-0.25, -0.2) is 8.42 Å². The minimum absolute atomic E-state index is 0.330. The molecule has 4 heteroatoms. The molecule has 0 aliphatic rings. The van der Waals surface area contributed by atoms with Gasteiger partial charge in [-0.1, -0.05) is 12.1 Å². The van der Waals surface area contributed by atoms with Gasteiger partial charge in [0.05, 0.1) is 4.90 Å². The Morgan fingerprint density at radius 2 is 2.00 bits per heavy atom. The van der Waals surface area contributed by atoms with Gasteiger partial charge in [0.2, 0.25) is 0 Å². The van der Waals surface area contributed by atoms with Gasteiger partial charge in [0.15, 0.2) is 9.84 Å². The predicted octanol–water partition coefficient (Wildman–Crippen LogP) is 2.51. The maximum Gasteiger partial charge on any atom is 0.175 e. The molecule has 14 heavy (non-hydrogen) atoms. The van der Waals surface area contributed by atoms with E-state index in [-0.39, 0.29) is 0 Å². The Morgan fingerprint density at radius 3 is 2.50 bits per heavy atom. The van der Waals surface area contributed by atoms with E-state index >= 15 is 0 Å². The Morgan fingerprint density at radius 1 is 1.36 bits per heavy atom. The topological polar surface area (TPSA) is 34.1 Å². The molecule has 0 saturated carbocycles. The van der Waals surface area contributed by atoms with Crippen molar-refractivity contribution in [3.05, 3.63) is 29.8 Å². The first kappa shape index (κ1) is 11.6. The zero-order valence-corrected chi connectivity index (χ0v) is 10.2. The molecule has 0 amide bonds. The van der Waals surface area contributed by atoms with E-state index in [0.29, 0.717) is 10.1 Å². The second-order valence-corrected chi connectivity index (χ2v) is 6.42. The summed E-state index contributed by atoms with van der Waals surface area (Å²) in [4.78, 5) is 0.399. The van der Waals surface area contributed by atoms with Crippen LogP contribution in [0.25, 0.3) is 0 Å². The highest BCUT2D eigenvalue weighted by Crippen LogP contribution is 2.26. The Kier molecular flexibility index (Phi) is 3.61. The third-order valence-corrected chi connectivity index (χ3v) is 4.20. The third kappa shape index (κ3) is 2.75. The van der Waals surface area contributed by atoms with Crippen molar-refractivity contribution in [3.8, 4) is 0 Å². The number of sulfone groups is 1. The molecule has 0 aromatic heterocycles. The molecule has 0 fully saturated rings. The van der Waals surface area contributed by atoms with Crippen molar-refractivity contribution in [2.24, 2.45) is 0 Å². The Hall–Kier alpha value is -0.480. The molecular weight excluding hydrogens is 216 g/mol. The lowest BCUT2D eigenvalue weighted by atomic mass is 10.2. The summed E-state index contributed by atoms with van der Waals surface area (Å²) in [6, 6.07) is 7.12. The van der Waals surface area contributed by atoms with Crippen LogP contribution in [-0.4, -0.2) is 20.9 Å². The lowest BCUT2D eigenvalue weighted by Crippen LogP contribution is -1.98. The van der Waals surface area contributed by atoms with Crippen LogP contribution in [0, 0.1) is 0 Å². The molecular formula is C10H14O2S2. The van der Waals surface area contributed by atoms with Crippen LogP contribution in [0.5, 0.6) is 0 Å². The molecule has 1 aromatic rings. The molecule has 0 saturated heterocycles. The van der Waals surface area contributed by atoms with E-state index in [4.69, 9.17) is 0 Å². The zero-order chi connectivity index (χ0) is 10.8. The average molecular weight is 230 g/mol. The maximum absolute atomic E-state index is 11.3. The molecule has 0 spiro atoms. The van der Waals surface area contributed by atoms with E-state index in [2.05, 4.69) is 6.92 Å². The molecule has 0 heterocycles. The first-order valence-corrected chi connectivity index (χ1v) is 7.46. The Labute approximate surface area is 89.6 Å². The monoisotopic (exact) mass is 230 g/mol. The molecule has 1 atom stereocenters. The molecule has 0 radical (unpaired) electrons. The number of hydrogen-bond donors (Lipinski definition) is 0. The fraction of sp³-hybridized carbons (Fsp3) is 0.400. The second-order valence-electron chi connectivity index (χ2n) is 3.22. The normalized spacial score (nSPS) is 13.9. The quantitative estimate of drug-likeness (QED) is 0.800. The molecule has 78 valence electrons. The highest BCUT2D eigenvalue weighted by molar-refractivity contribution is 7.98. The minimum Gasteiger partial charge on any atom is -0.224 e. The molecule has 2 nitrogen and oxygen atoms in total. The summed E-state index contributed by atoms with van der Waals surface area (Å²) in [5, 5.41) is 0.330. The van der Waals surface area contributed by atoms with Crippen molar-refractivity contribution in [2.45, 2.75) is 17.1 Å². The van der Waals surface area contributed by atoms with Crippen LogP contribution in [0.1, 0.15) is 17.7 Å². The predicted molar refractivity (Wildman–Crippen MR) is 61.5 cm³/mol. The van der Waals surface area contributed by atoms with Crippen molar-refractivity contribution in [1.29, 1.82) is 0 Å². The van der Waals surface area contributed by atoms with Crippen LogP contribution in [0.3, 0.4) is 0 Å². The number of hydrogen-bond acceptors (Lipinski definition) is 3. The minimum atomic E-state index is -3.08. The van der Waals surface area contributed by atoms with Crippen molar-refractivity contribution in [2.75, 3.05) is 12.5 Å². The lowest BCUT2D eigenvalue weighted by Gasteiger charge is -2.09. The Bertz CT molecular complexity index is 410. The van der Waals surface area contributed by atoms with Crippen molar-refractivity contribution < 1.29 is 8.42 Å². The summed E-state index contributed by atoms with van der Waals surface area (Å²) >= 11 is 1.70. The van der Waals surface area contributed by atoms with Crippen LogP contribution in [0.4, 0.5) is 0 Å². The fourth-order valence-electron chi connectivity index (χ4n) is 1.13. The highest BCUT2D eigenvalue weighted by Gasteiger charge is 2.09. The van der Waals surface area contributed by atoms with E-state index in [9.17, 15) is 8.42 Å². The summed E-state index contributed by atoms with van der Waals surface area (Å²) in [6.07, 6.45) is 3.24. The van der Waals surface area contributed by atoms with Crippen LogP contribution >= 0.6 is 11.8 Å². The van der Waals surface area contributed by atoms with Crippen molar-refractivity contribution in [3.63, 3.8) is 0 Å². The number of rotatable bonds is 3. The Balaban J connectivity index is 3.14. The fourth-order valence-corrected chi connectivity index (χ4v) is 2.23. The average Bonchev–Trinajstić information content (AvgIpc) is 2.15. The van der Waals surface area contributed by atoms with Crippen LogP contribution in [-0.2, 0) is 9.84 Å². The molecule has 0 aliphatic heterocycles. The van der Waals surface area contributed by atoms with Gasteiger partial charge in [-0.05, 0) is 30.9 Å². The molecule has 1 rings (SSSR count). The van der Waals surface area contributed by atoms with Crippen molar-refractivity contribution in [1.82, 2.24) is 0 Å². The third-order valence-electron chi connectivity index (χ3n) is 2.11. The van der Waals surface area contributed by atoms with Gasteiger partial charge in [0.1, 0.15) is 0 Å². The van der Waals surface area contributed by atoms with E-state index < -0.39 is 9.84 Å². The van der Waals surface area contributed by atoms with Crippen LogP contribution < -0.4 is 0 Å². The largest absolute Gasteiger partial charge is 0.224 e. The van der Waals surface area contributed by atoms with E-state index in [0.717, 1.165) is 5.56 Å². The van der Waals surface area contributed by atoms with Crippen molar-refractivity contribution >= 4 is 21.6 Å². The lowest BCUT2D eigenvalue weighted by molar-refractivity contribution is 0.601. The molecule has 0 bridgehead atoms. The zero-order valence-electron chi connectivity index (χ0n) is 8.52. The molecule has 0 aliphatic carbocycles. The summed E-state index contributed by atoms with van der Waals surface area (Å²) in [5.74, 6) is 0. The highest BCUT2D eigenvalue weighted by atomic mass is 32.2. The van der Waals surface area contributed by atoms with E-state index in [1.807, 2.05) is 12.3 Å². The first-order valence-electron chi connectivity index (χ1n) is 4.28. The standard InChI is InChI=1S/C10H14O2S2/c1-8(13-2)9-5-4-6-10(7-9)14(3,11)12/h4-8H,1-3H3. The second kappa shape index (κ2) is 4.36. The van der Waals surface area contributed by atoms with Gasteiger partial charge in [-0.2, -0.15) is 11.8 Å². The summed E-state index contributed by atoms with van der Waals surface area (Å²) in [6.45, 7) is 2.06. The smallest absolute Gasteiger partial charge is 0.175 e. The number of thioether (sulfide) groups is 1. The summed E-state index contributed by atoms with van der Waals surface area (Å²) in [7, 11) is -3.08. The van der Waals surface area contributed by atoms with Gasteiger partial charge >= 0.3 is 0 Å². The van der Waals surface area contributed by atoms with Gasteiger partial charge in [0.25, 0.3) is 0 Å². The van der Waals surface area contributed by atoms with E-state index in [1.54, 1.807) is 30.0 Å². The van der Waals surface area contributed by atoms with Gasteiger partial charge in [-0.15, -0.1) is 0 Å². The van der Waals surface area contributed by atoms with Gasteiger partial charge < -0.3 is 0 Å². The van der Waals surface area contributed by atoms with Crippen LogP contribution in [0.15, 0.2) is 29.2 Å². The maximum atomic E-state index is 11.3. The summed E-state index contributed by atoms with van der Waals surface area (Å²) < 4.78 is 22.6. The molecule has 0 N–H and O–H groups in total. The van der Waals surface area contributed by atoms with Gasteiger partial charge in [0, 0.05) is 11.5 Å². The number of benzene rings is 1. The van der Waals surface area contributed by atoms with Crippen LogP contribution in [0.2, 0.25) is 0 Å². The van der Waals surface area contributed by atoms with Gasteiger partial charge in [-0.3, -0.25) is 0 Å². The van der Waals surface area contributed by atoms with E-state index in [1.165, 1.54) is 6.26 Å². The molecule has 1 unspecified atom stereocenters. The first-order chi connectivity index (χ1) is 6.45. The SMILES string of the molecule is CSC(C)c1cccc(S(C)(=O)=O)c1. The molecule has 1 aromatic carbocycles.